The number of aromatic nitrogens is 1. The van der Waals surface area contributed by atoms with E-state index < -0.39 is 21.7 Å². The van der Waals surface area contributed by atoms with Crippen molar-refractivity contribution in [2.75, 3.05) is 22.7 Å². The zero-order valence-electron chi connectivity index (χ0n) is 15.8. The van der Waals surface area contributed by atoms with E-state index in [9.17, 15) is 17.6 Å². The van der Waals surface area contributed by atoms with Crippen LogP contribution in [0.25, 0.3) is 10.1 Å². The van der Waals surface area contributed by atoms with E-state index in [0.29, 0.717) is 29.0 Å². The molecule has 1 aliphatic rings. The topological polar surface area (TPSA) is 112 Å². The van der Waals surface area contributed by atoms with Crippen molar-refractivity contribution >= 4 is 48.9 Å². The number of rotatable bonds is 5. The van der Waals surface area contributed by atoms with Gasteiger partial charge in [-0.05, 0) is 25.3 Å². The molecule has 0 radical (unpaired) electrons. The Kier molecular flexibility index (Phi) is 5.58. The fourth-order valence-corrected chi connectivity index (χ4v) is 6.40. The Morgan fingerprint density at radius 3 is 2.67 bits per heavy atom. The lowest BCUT2D eigenvalue weighted by Gasteiger charge is -2.29. The van der Waals surface area contributed by atoms with Gasteiger partial charge in [-0.15, -0.1) is 11.3 Å². The molecular formula is C19H19FN4O4S2. The van der Waals surface area contributed by atoms with E-state index in [0.717, 1.165) is 42.9 Å². The molecule has 30 heavy (non-hydrogen) atoms. The number of pyridine rings is 1. The molecule has 1 saturated heterocycles. The van der Waals surface area contributed by atoms with Gasteiger partial charge in [0.1, 0.15) is 15.6 Å². The molecule has 1 fully saturated rings. The number of hydrogen-bond donors (Lipinski definition) is 3. The fraction of sp³-hybridized carbons (Fsp3) is 0.263. The molecule has 0 saturated carbocycles. The Morgan fingerprint density at radius 2 is 1.93 bits per heavy atom. The van der Waals surface area contributed by atoms with E-state index in [-0.39, 0.29) is 15.5 Å². The molecule has 3 heterocycles. The van der Waals surface area contributed by atoms with Gasteiger partial charge >= 0.3 is 0 Å². The number of carbonyl (C=O) groups excluding carboxylic acids is 1. The van der Waals surface area contributed by atoms with Crippen molar-refractivity contribution in [3.8, 4) is 0 Å². The van der Waals surface area contributed by atoms with Crippen LogP contribution < -0.4 is 15.1 Å². The summed E-state index contributed by atoms with van der Waals surface area (Å²) in [5.74, 6) is -1.28. The Labute approximate surface area is 176 Å². The van der Waals surface area contributed by atoms with Gasteiger partial charge in [0.25, 0.3) is 15.9 Å². The number of halogens is 1. The molecule has 11 heteroatoms. The molecule has 0 atom stereocenters. The Bertz CT molecular complexity index is 1210. The van der Waals surface area contributed by atoms with Crippen molar-refractivity contribution in [1.82, 2.24) is 10.5 Å². The van der Waals surface area contributed by atoms with Gasteiger partial charge in [0.05, 0.1) is 11.9 Å². The highest BCUT2D eigenvalue weighted by molar-refractivity contribution is 7.93. The number of hydrogen-bond acceptors (Lipinski definition) is 7. The average Bonchev–Trinajstić information content (AvgIpc) is 3.14. The van der Waals surface area contributed by atoms with Gasteiger partial charge in [-0.3, -0.25) is 14.7 Å². The summed E-state index contributed by atoms with van der Waals surface area (Å²) in [5, 5.41) is 9.40. The SMILES string of the molecule is O=C(NO)c1sc2ccccc2c1S(=O)(=O)Nc1cc(F)cnc1N1CCCCC1. The number of carbonyl (C=O) groups is 1. The smallest absolute Gasteiger partial charge is 0.286 e. The third-order valence-corrected chi connectivity index (χ3v) is 7.61. The molecule has 8 nitrogen and oxygen atoms in total. The standard InChI is InChI=1S/C19H19FN4O4S2/c20-12-10-14(18(21-11-12)24-8-4-1-5-9-24)23-30(27,28)17-13-6-2-3-7-15(13)29-16(17)19(25)22-26/h2-3,6-7,10-11,23,26H,1,4-5,8-9H2,(H,22,25). The number of sulfonamides is 1. The van der Waals surface area contributed by atoms with E-state index in [1.807, 2.05) is 4.90 Å². The number of benzene rings is 1. The summed E-state index contributed by atoms with van der Waals surface area (Å²) in [6, 6.07) is 7.70. The number of thiophene rings is 1. The van der Waals surface area contributed by atoms with Gasteiger partial charge in [0.2, 0.25) is 0 Å². The fourth-order valence-electron chi connectivity index (χ4n) is 3.55. The van der Waals surface area contributed by atoms with Crippen LogP contribution in [0.15, 0.2) is 41.4 Å². The predicted molar refractivity (Wildman–Crippen MR) is 112 cm³/mol. The summed E-state index contributed by atoms with van der Waals surface area (Å²) in [7, 11) is -4.31. The van der Waals surface area contributed by atoms with Crippen LogP contribution in [0.5, 0.6) is 0 Å². The van der Waals surface area contributed by atoms with Gasteiger partial charge in [-0.2, -0.15) is 0 Å². The first kappa shape index (κ1) is 20.5. The van der Waals surface area contributed by atoms with Gasteiger partial charge in [-0.25, -0.2) is 23.3 Å². The molecule has 1 aromatic carbocycles. The molecular weight excluding hydrogens is 431 g/mol. The van der Waals surface area contributed by atoms with E-state index >= 15 is 0 Å². The minimum absolute atomic E-state index is 0.00235. The largest absolute Gasteiger partial charge is 0.355 e. The van der Waals surface area contributed by atoms with Crippen molar-refractivity contribution in [2.24, 2.45) is 0 Å². The Balaban J connectivity index is 1.81. The lowest BCUT2D eigenvalue weighted by atomic mass is 10.1. The number of nitrogens with zero attached hydrogens (tertiary/aromatic N) is 2. The van der Waals surface area contributed by atoms with Gasteiger partial charge < -0.3 is 4.90 Å². The summed E-state index contributed by atoms with van der Waals surface area (Å²) < 4.78 is 43.6. The third kappa shape index (κ3) is 3.83. The van der Waals surface area contributed by atoms with Crippen LogP contribution in [0.4, 0.5) is 15.9 Å². The van der Waals surface area contributed by atoms with Crippen molar-refractivity contribution in [3.63, 3.8) is 0 Å². The molecule has 2 aromatic heterocycles. The normalized spacial score (nSPS) is 14.7. The molecule has 1 amide bonds. The van der Waals surface area contributed by atoms with E-state index in [2.05, 4.69) is 9.71 Å². The average molecular weight is 451 g/mol. The third-order valence-electron chi connectivity index (χ3n) is 4.86. The van der Waals surface area contributed by atoms with Crippen LogP contribution in [-0.2, 0) is 10.0 Å². The molecule has 158 valence electrons. The molecule has 4 rings (SSSR count). The maximum Gasteiger partial charge on any atom is 0.286 e. The Hall–Kier alpha value is -2.76. The number of piperidine rings is 1. The molecule has 0 unspecified atom stereocenters. The van der Waals surface area contributed by atoms with Crippen molar-refractivity contribution in [2.45, 2.75) is 24.2 Å². The summed E-state index contributed by atoms with van der Waals surface area (Å²) >= 11 is 0.938. The van der Waals surface area contributed by atoms with Crippen molar-refractivity contribution in [3.05, 3.63) is 47.2 Å². The molecule has 0 aliphatic carbocycles. The second kappa shape index (κ2) is 8.17. The predicted octanol–water partition coefficient (Wildman–Crippen LogP) is 3.35. The zero-order chi connectivity index (χ0) is 21.3. The maximum absolute atomic E-state index is 13.9. The minimum atomic E-state index is -4.31. The van der Waals surface area contributed by atoms with Crippen LogP contribution in [-0.4, -0.2) is 37.6 Å². The molecule has 1 aliphatic heterocycles. The van der Waals surface area contributed by atoms with Crippen LogP contribution in [0, 0.1) is 5.82 Å². The monoisotopic (exact) mass is 450 g/mol. The van der Waals surface area contributed by atoms with Crippen LogP contribution >= 0.6 is 11.3 Å². The molecule has 0 bridgehead atoms. The van der Waals surface area contributed by atoms with Crippen molar-refractivity contribution < 1.29 is 22.8 Å². The Morgan fingerprint density at radius 1 is 1.20 bits per heavy atom. The van der Waals surface area contributed by atoms with E-state index in [4.69, 9.17) is 5.21 Å². The number of fused-ring (bicyclic) bond motifs is 1. The second-order valence-corrected chi connectivity index (χ2v) is 9.55. The zero-order valence-corrected chi connectivity index (χ0v) is 17.4. The quantitative estimate of drug-likeness (QED) is 0.406. The molecule has 3 aromatic rings. The van der Waals surface area contributed by atoms with Crippen LogP contribution in [0.2, 0.25) is 0 Å². The van der Waals surface area contributed by atoms with Crippen LogP contribution in [0.1, 0.15) is 28.9 Å². The summed E-state index contributed by atoms with van der Waals surface area (Å²) in [5.41, 5.74) is 1.49. The summed E-state index contributed by atoms with van der Waals surface area (Å²) in [4.78, 5) is 17.7. The molecule has 3 N–H and O–H groups in total. The van der Waals surface area contributed by atoms with E-state index in [1.165, 1.54) is 5.48 Å². The highest BCUT2D eigenvalue weighted by Gasteiger charge is 2.30. The first-order chi connectivity index (χ1) is 14.4. The molecule has 0 spiro atoms. The van der Waals surface area contributed by atoms with Gasteiger partial charge in [-0.1, -0.05) is 18.2 Å². The summed E-state index contributed by atoms with van der Waals surface area (Å²) in [6.45, 7) is 1.37. The first-order valence-corrected chi connectivity index (χ1v) is 11.6. The number of nitrogens with one attached hydrogen (secondary N) is 2. The highest BCUT2D eigenvalue weighted by atomic mass is 32.2. The number of amides is 1. The maximum atomic E-state index is 13.9. The lowest BCUT2D eigenvalue weighted by molar-refractivity contribution is 0.0708. The summed E-state index contributed by atoms with van der Waals surface area (Å²) in [6.07, 6.45) is 3.98. The number of anilines is 2. The van der Waals surface area contributed by atoms with Gasteiger partial charge in [0, 0.05) is 29.2 Å². The van der Waals surface area contributed by atoms with E-state index in [1.54, 1.807) is 24.3 Å². The van der Waals surface area contributed by atoms with Crippen molar-refractivity contribution in [1.29, 1.82) is 0 Å². The second-order valence-electron chi connectivity index (χ2n) is 6.88. The first-order valence-electron chi connectivity index (χ1n) is 9.30. The van der Waals surface area contributed by atoms with Gasteiger partial charge in [0.15, 0.2) is 5.82 Å². The lowest BCUT2D eigenvalue weighted by Crippen LogP contribution is -2.31. The van der Waals surface area contributed by atoms with Crippen LogP contribution in [0.3, 0.4) is 0 Å². The number of hydroxylamine groups is 1. The highest BCUT2D eigenvalue weighted by Crippen LogP contribution is 2.37. The minimum Gasteiger partial charge on any atom is -0.355 e.